The zero-order chi connectivity index (χ0) is 23.5. The summed E-state index contributed by atoms with van der Waals surface area (Å²) in [5, 5.41) is 0. The summed E-state index contributed by atoms with van der Waals surface area (Å²) < 4.78 is 16.3. The normalized spacial score (nSPS) is 10.0. The Morgan fingerprint density at radius 1 is 0.531 bits per heavy atom. The first kappa shape index (κ1) is 24.1. The van der Waals surface area contributed by atoms with Crippen molar-refractivity contribution in [3.63, 3.8) is 0 Å². The summed E-state index contributed by atoms with van der Waals surface area (Å²) >= 11 is 0. The molecular formula is C23H32N6O3. The van der Waals surface area contributed by atoms with Crippen molar-refractivity contribution in [1.29, 1.82) is 0 Å². The van der Waals surface area contributed by atoms with Gasteiger partial charge in [0, 0.05) is 29.5 Å². The van der Waals surface area contributed by atoms with Gasteiger partial charge in [-0.05, 0) is 55.5 Å². The van der Waals surface area contributed by atoms with Crippen LogP contribution < -0.4 is 48.6 Å². The van der Waals surface area contributed by atoms with Crippen LogP contribution in [0.15, 0.2) is 54.6 Å². The number of hydrogen-bond donors (Lipinski definition) is 6. The highest BCUT2D eigenvalue weighted by atomic mass is 16.5. The SMILES string of the molecule is CCOc1cc(N)ccc1N.Nc1ccc(OCCCOc2ccc(N)cc2N)c(N)c1. The zero-order valence-corrected chi connectivity index (χ0v) is 18.2. The van der Waals surface area contributed by atoms with Gasteiger partial charge in [0.15, 0.2) is 0 Å². The van der Waals surface area contributed by atoms with Crippen LogP contribution in [0.1, 0.15) is 13.3 Å². The van der Waals surface area contributed by atoms with Crippen molar-refractivity contribution in [3.8, 4) is 17.2 Å². The predicted molar refractivity (Wildman–Crippen MR) is 133 cm³/mol. The molecule has 0 atom stereocenters. The van der Waals surface area contributed by atoms with E-state index >= 15 is 0 Å². The number of anilines is 6. The van der Waals surface area contributed by atoms with E-state index in [1.165, 1.54) is 0 Å². The fraction of sp³-hybridized carbons (Fsp3) is 0.217. The third-order valence-electron chi connectivity index (χ3n) is 4.21. The molecule has 0 fully saturated rings. The largest absolute Gasteiger partial charge is 0.492 e. The molecule has 3 aromatic rings. The quantitative estimate of drug-likeness (QED) is 0.226. The lowest BCUT2D eigenvalue weighted by Crippen LogP contribution is -2.07. The highest BCUT2D eigenvalue weighted by Crippen LogP contribution is 2.25. The molecule has 172 valence electrons. The number of nitrogens with two attached hydrogens (primary N) is 6. The van der Waals surface area contributed by atoms with Crippen LogP contribution >= 0.6 is 0 Å². The first-order chi connectivity index (χ1) is 15.3. The summed E-state index contributed by atoms with van der Waals surface area (Å²) in [5.41, 5.74) is 37.5. The molecule has 0 heterocycles. The van der Waals surface area contributed by atoms with E-state index in [-0.39, 0.29) is 0 Å². The molecule has 0 saturated heterocycles. The molecule has 9 heteroatoms. The van der Waals surface area contributed by atoms with Gasteiger partial charge in [-0.2, -0.15) is 0 Å². The van der Waals surface area contributed by atoms with E-state index in [0.29, 0.717) is 77.6 Å². The van der Waals surface area contributed by atoms with Gasteiger partial charge in [-0.25, -0.2) is 0 Å². The van der Waals surface area contributed by atoms with Gasteiger partial charge in [0.25, 0.3) is 0 Å². The van der Waals surface area contributed by atoms with Crippen molar-refractivity contribution in [3.05, 3.63) is 54.6 Å². The van der Waals surface area contributed by atoms with Crippen molar-refractivity contribution >= 4 is 34.1 Å². The van der Waals surface area contributed by atoms with E-state index in [1.54, 1.807) is 54.6 Å². The van der Waals surface area contributed by atoms with E-state index in [1.807, 2.05) is 6.92 Å². The van der Waals surface area contributed by atoms with Crippen LogP contribution in [0.5, 0.6) is 17.2 Å². The van der Waals surface area contributed by atoms with Crippen molar-refractivity contribution in [2.75, 3.05) is 54.2 Å². The van der Waals surface area contributed by atoms with Gasteiger partial charge < -0.3 is 48.6 Å². The lowest BCUT2D eigenvalue weighted by Gasteiger charge is -2.11. The highest BCUT2D eigenvalue weighted by molar-refractivity contribution is 5.61. The first-order valence-electron chi connectivity index (χ1n) is 10.1. The summed E-state index contributed by atoms with van der Waals surface area (Å²) in [6.07, 6.45) is 0.702. The van der Waals surface area contributed by atoms with E-state index in [9.17, 15) is 0 Å². The zero-order valence-electron chi connectivity index (χ0n) is 18.2. The molecule has 0 radical (unpaired) electrons. The van der Waals surface area contributed by atoms with Gasteiger partial charge in [-0.1, -0.05) is 0 Å². The molecule has 0 saturated carbocycles. The molecule has 0 spiro atoms. The van der Waals surface area contributed by atoms with Crippen LogP contribution in [-0.2, 0) is 0 Å². The van der Waals surface area contributed by atoms with Crippen molar-refractivity contribution in [1.82, 2.24) is 0 Å². The molecular weight excluding hydrogens is 408 g/mol. The van der Waals surface area contributed by atoms with Crippen LogP contribution in [0.3, 0.4) is 0 Å². The summed E-state index contributed by atoms with van der Waals surface area (Å²) in [6.45, 7) is 3.49. The molecule has 12 N–H and O–H groups in total. The van der Waals surface area contributed by atoms with E-state index in [2.05, 4.69) is 0 Å². The molecule has 0 aliphatic rings. The van der Waals surface area contributed by atoms with Gasteiger partial charge in [-0.3, -0.25) is 0 Å². The fourth-order valence-corrected chi connectivity index (χ4v) is 2.65. The minimum Gasteiger partial charge on any atom is -0.492 e. The predicted octanol–water partition coefficient (Wildman–Crippen LogP) is 3.11. The van der Waals surface area contributed by atoms with Gasteiger partial charge in [0.2, 0.25) is 0 Å². The molecule has 0 aliphatic carbocycles. The van der Waals surface area contributed by atoms with Gasteiger partial charge in [0.1, 0.15) is 17.2 Å². The van der Waals surface area contributed by atoms with Gasteiger partial charge >= 0.3 is 0 Å². The standard InChI is InChI=1S/C15H20N4O2.C8H12N2O/c16-10-2-4-14(12(18)8-10)20-6-1-7-21-15-5-3-11(17)9-13(15)19;1-2-11-8-5-6(9)3-4-7(8)10/h2-5,8-9H,1,6-7,16-19H2;3-5H,2,9-10H2,1H3. The molecule has 0 amide bonds. The lowest BCUT2D eigenvalue weighted by molar-refractivity contribution is 0.249. The van der Waals surface area contributed by atoms with Crippen LogP contribution in [0, 0.1) is 0 Å². The van der Waals surface area contributed by atoms with Crippen molar-refractivity contribution in [2.45, 2.75) is 13.3 Å². The molecule has 0 unspecified atom stereocenters. The fourth-order valence-electron chi connectivity index (χ4n) is 2.65. The Labute approximate surface area is 188 Å². The Balaban J connectivity index is 0.000000278. The van der Waals surface area contributed by atoms with E-state index < -0.39 is 0 Å². The van der Waals surface area contributed by atoms with Crippen molar-refractivity contribution < 1.29 is 14.2 Å². The van der Waals surface area contributed by atoms with Crippen LogP contribution in [0.4, 0.5) is 34.1 Å². The summed E-state index contributed by atoms with van der Waals surface area (Å²) in [7, 11) is 0. The maximum Gasteiger partial charge on any atom is 0.144 e. The number of nitrogen functional groups attached to an aromatic ring is 6. The number of hydrogen-bond acceptors (Lipinski definition) is 9. The topological polar surface area (TPSA) is 184 Å². The summed E-state index contributed by atoms with van der Waals surface area (Å²) in [4.78, 5) is 0. The number of benzene rings is 3. The Hall–Kier alpha value is -4.14. The molecule has 0 bridgehead atoms. The van der Waals surface area contributed by atoms with Gasteiger partial charge in [-0.15, -0.1) is 0 Å². The van der Waals surface area contributed by atoms with Crippen LogP contribution in [0.25, 0.3) is 0 Å². The third kappa shape index (κ3) is 7.60. The van der Waals surface area contributed by atoms with E-state index in [4.69, 9.17) is 48.6 Å². The Morgan fingerprint density at radius 3 is 1.47 bits per heavy atom. The van der Waals surface area contributed by atoms with Crippen LogP contribution in [0.2, 0.25) is 0 Å². The van der Waals surface area contributed by atoms with Crippen molar-refractivity contribution in [2.24, 2.45) is 0 Å². The van der Waals surface area contributed by atoms with E-state index in [0.717, 1.165) is 0 Å². The average molecular weight is 441 g/mol. The molecule has 0 aromatic heterocycles. The minimum absolute atomic E-state index is 0.489. The summed E-state index contributed by atoms with van der Waals surface area (Å²) in [5.74, 6) is 1.90. The maximum atomic E-state index is 5.80. The minimum atomic E-state index is 0.489. The number of rotatable bonds is 8. The molecule has 0 aliphatic heterocycles. The maximum absolute atomic E-state index is 5.80. The molecule has 3 rings (SSSR count). The number of ether oxygens (including phenoxy) is 3. The average Bonchev–Trinajstić information content (AvgIpc) is 2.74. The highest BCUT2D eigenvalue weighted by Gasteiger charge is 2.03. The Kier molecular flexibility index (Phi) is 8.97. The lowest BCUT2D eigenvalue weighted by atomic mass is 10.2. The second kappa shape index (κ2) is 11.9. The molecule has 9 nitrogen and oxygen atoms in total. The monoisotopic (exact) mass is 440 g/mol. The van der Waals surface area contributed by atoms with Crippen LogP contribution in [-0.4, -0.2) is 19.8 Å². The second-order valence-electron chi connectivity index (χ2n) is 6.88. The Bertz CT molecular complexity index is 960. The van der Waals surface area contributed by atoms with Gasteiger partial charge in [0.05, 0.1) is 36.9 Å². The summed E-state index contributed by atoms with van der Waals surface area (Å²) in [6, 6.07) is 15.5. The molecule has 32 heavy (non-hydrogen) atoms. The first-order valence-corrected chi connectivity index (χ1v) is 10.1. The molecule has 3 aromatic carbocycles. The third-order valence-corrected chi connectivity index (χ3v) is 4.21. The smallest absolute Gasteiger partial charge is 0.144 e. The second-order valence-corrected chi connectivity index (χ2v) is 6.88. The Morgan fingerprint density at radius 2 is 1.00 bits per heavy atom.